The van der Waals surface area contributed by atoms with E-state index in [-0.39, 0.29) is 6.10 Å². The van der Waals surface area contributed by atoms with E-state index in [1.807, 2.05) is 10.6 Å². The number of likely N-dealkylation sites (N-methyl/N-ethyl adjacent to an activating group) is 1. The third kappa shape index (κ3) is 2.30. The lowest BCUT2D eigenvalue weighted by atomic mass is 10.1. The number of halogens is 1. The molecule has 4 heterocycles. The van der Waals surface area contributed by atoms with Crippen molar-refractivity contribution in [3.63, 3.8) is 0 Å². The van der Waals surface area contributed by atoms with E-state index in [1.54, 1.807) is 0 Å². The summed E-state index contributed by atoms with van der Waals surface area (Å²) in [5, 5.41) is 4.34. The number of hydrogen-bond acceptors (Lipinski definition) is 6. The smallest absolute Gasteiger partial charge is 0.152 e. The van der Waals surface area contributed by atoms with Gasteiger partial charge in [0.1, 0.15) is 17.9 Å². The summed E-state index contributed by atoms with van der Waals surface area (Å²) in [6.45, 7) is 4.90. The highest BCUT2D eigenvalue weighted by Gasteiger charge is 2.34. The first-order chi connectivity index (χ1) is 10.6. The summed E-state index contributed by atoms with van der Waals surface area (Å²) in [7, 11) is 2.17. The van der Waals surface area contributed by atoms with Crippen LogP contribution in [0, 0.1) is 0 Å². The van der Waals surface area contributed by atoms with E-state index in [4.69, 9.17) is 10.5 Å². The lowest BCUT2D eigenvalue weighted by Crippen LogP contribution is -2.57. The molecule has 22 heavy (non-hydrogen) atoms. The van der Waals surface area contributed by atoms with E-state index in [2.05, 4.69) is 42.9 Å². The van der Waals surface area contributed by atoms with Crippen LogP contribution in [0.3, 0.4) is 0 Å². The lowest BCUT2D eigenvalue weighted by Gasteiger charge is -2.45. The number of rotatable bonds is 1. The number of anilines is 1. The quantitative estimate of drug-likeness (QED) is 0.803. The van der Waals surface area contributed by atoms with Crippen molar-refractivity contribution in [3.05, 3.63) is 22.6 Å². The predicted molar refractivity (Wildman–Crippen MR) is 86.7 cm³/mol. The average molecular weight is 367 g/mol. The van der Waals surface area contributed by atoms with Crippen molar-refractivity contribution in [3.8, 4) is 0 Å². The summed E-state index contributed by atoms with van der Waals surface area (Å²) in [6.07, 6.45) is 1.49. The van der Waals surface area contributed by atoms with E-state index in [9.17, 15) is 0 Å². The fraction of sp³-hybridized carbons (Fsp3) is 0.571. The Bertz CT molecular complexity index is 704. The number of aromatic nitrogens is 3. The maximum Gasteiger partial charge on any atom is 0.152 e. The van der Waals surface area contributed by atoms with Crippen LogP contribution in [0.25, 0.3) is 5.52 Å². The molecule has 0 aromatic carbocycles. The van der Waals surface area contributed by atoms with Gasteiger partial charge < -0.3 is 15.4 Å². The fourth-order valence-electron chi connectivity index (χ4n) is 3.39. The normalized spacial score (nSPS) is 27.2. The number of nitrogen functional groups attached to an aromatic ring is 1. The Hall–Kier alpha value is -1.22. The Balaban J connectivity index is 1.65. The SMILES string of the molecule is CN1CCN2CC(c3cc(Br)c4c(N)ncnn34)OCC2C1. The van der Waals surface area contributed by atoms with Crippen LogP contribution in [0.2, 0.25) is 0 Å². The first-order valence-corrected chi connectivity index (χ1v) is 8.24. The van der Waals surface area contributed by atoms with Gasteiger partial charge in [-0.05, 0) is 29.0 Å². The van der Waals surface area contributed by atoms with Gasteiger partial charge in [-0.1, -0.05) is 0 Å². The second-order valence-corrected chi connectivity index (χ2v) is 6.91. The van der Waals surface area contributed by atoms with E-state index < -0.39 is 0 Å². The van der Waals surface area contributed by atoms with E-state index >= 15 is 0 Å². The summed E-state index contributed by atoms with van der Waals surface area (Å²) in [4.78, 5) is 8.94. The van der Waals surface area contributed by atoms with Crippen LogP contribution in [0.4, 0.5) is 5.82 Å². The Morgan fingerprint density at radius 1 is 1.36 bits per heavy atom. The van der Waals surface area contributed by atoms with Gasteiger partial charge in [-0.15, -0.1) is 0 Å². The second-order valence-electron chi connectivity index (χ2n) is 6.06. The van der Waals surface area contributed by atoms with Crippen LogP contribution >= 0.6 is 15.9 Å². The van der Waals surface area contributed by atoms with Crippen LogP contribution in [-0.2, 0) is 4.74 Å². The number of fused-ring (bicyclic) bond motifs is 2. The predicted octanol–water partition coefficient (Wildman–Crippen LogP) is 0.761. The van der Waals surface area contributed by atoms with E-state index in [1.165, 1.54) is 6.33 Å². The zero-order valence-corrected chi connectivity index (χ0v) is 14.0. The van der Waals surface area contributed by atoms with Gasteiger partial charge in [0, 0.05) is 36.7 Å². The monoisotopic (exact) mass is 366 g/mol. The molecule has 2 aliphatic heterocycles. The van der Waals surface area contributed by atoms with Crippen LogP contribution in [0.1, 0.15) is 11.8 Å². The summed E-state index contributed by atoms with van der Waals surface area (Å²) < 4.78 is 8.88. The first-order valence-electron chi connectivity index (χ1n) is 7.45. The molecule has 8 heteroatoms. The molecule has 2 aromatic heterocycles. The van der Waals surface area contributed by atoms with Crippen LogP contribution in [0.15, 0.2) is 16.9 Å². The molecule has 2 atom stereocenters. The Kier molecular flexibility index (Phi) is 3.56. The zero-order valence-electron chi connectivity index (χ0n) is 12.4. The molecule has 2 aromatic rings. The van der Waals surface area contributed by atoms with Crippen LogP contribution in [0.5, 0.6) is 0 Å². The average Bonchev–Trinajstić information content (AvgIpc) is 2.85. The van der Waals surface area contributed by atoms with Gasteiger partial charge in [0.25, 0.3) is 0 Å². The molecule has 0 saturated carbocycles. The number of nitrogens with zero attached hydrogens (tertiary/aromatic N) is 5. The molecule has 2 saturated heterocycles. The molecule has 2 aliphatic rings. The highest BCUT2D eigenvalue weighted by atomic mass is 79.9. The molecular formula is C14H19BrN6O. The van der Waals surface area contributed by atoms with Crippen molar-refractivity contribution in [2.45, 2.75) is 12.1 Å². The first kappa shape index (κ1) is 14.4. The van der Waals surface area contributed by atoms with Crippen LogP contribution in [-0.4, -0.2) is 70.3 Å². The molecule has 0 bridgehead atoms. The Labute approximate surface area is 137 Å². The van der Waals surface area contributed by atoms with Gasteiger partial charge in [-0.3, -0.25) is 4.90 Å². The lowest BCUT2D eigenvalue weighted by molar-refractivity contribution is -0.0891. The number of ether oxygens (including phenoxy) is 1. The van der Waals surface area contributed by atoms with Crippen LogP contribution < -0.4 is 5.73 Å². The van der Waals surface area contributed by atoms with Gasteiger partial charge in [0.2, 0.25) is 0 Å². The number of piperazine rings is 1. The molecule has 0 radical (unpaired) electrons. The van der Waals surface area contributed by atoms with Crippen molar-refractivity contribution in [2.24, 2.45) is 0 Å². The third-order valence-electron chi connectivity index (χ3n) is 4.59. The molecule has 0 aliphatic carbocycles. The second kappa shape index (κ2) is 5.45. The Morgan fingerprint density at radius 2 is 2.23 bits per heavy atom. The van der Waals surface area contributed by atoms with Crippen molar-refractivity contribution < 1.29 is 4.74 Å². The highest BCUT2D eigenvalue weighted by molar-refractivity contribution is 9.10. The third-order valence-corrected chi connectivity index (χ3v) is 5.20. The van der Waals surface area contributed by atoms with Gasteiger partial charge in [-0.2, -0.15) is 5.10 Å². The number of nitrogens with two attached hydrogens (primary N) is 1. The summed E-state index contributed by atoms with van der Waals surface area (Å²) in [5.74, 6) is 0.474. The minimum absolute atomic E-state index is 0.00718. The zero-order chi connectivity index (χ0) is 15.3. The molecule has 118 valence electrons. The maximum absolute atomic E-state index is 6.13. The van der Waals surface area contributed by atoms with Crippen molar-refractivity contribution in [1.82, 2.24) is 24.4 Å². The minimum Gasteiger partial charge on any atom is -0.382 e. The molecule has 2 unspecified atom stereocenters. The molecular weight excluding hydrogens is 348 g/mol. The van der Waals surface area contributed by atoms with E-state index in [0.717, 1.165) is 48.5 Å². The highest BCUT2D eigenvalue weighted by Crippen LogP contribution is 2.32. The topological polar surface area (TPSA) is 71.9 Å². The summed E-state index contributed by atoms with van der Waals surface area (Å²) in [6, 6.07) is 2.53. The Morgan fingerprint density at radius 3 is 3.09 bits per heavy atom. The molecule has 0 amide bonds. The molecule has 4 rings (SSSR count). The summed E-state index contributed by atoms with van der Waals surface area (Å²) >= 11 is 3.56. The largest absolute Gasteiger partial charge is 0.382 e. The van der Waals surface area contributed by atoms with Gasteiger partial charge in [0.05, 0.1) is 12.3 Å². The van der Waals surface area contributed by atoms with Gasteiger partial charge in [0.15, 0.2) is 5.82 Å². The van der Waals surface area contributed by atoms with Gasteiger partial charge >= 0.3 is 0 Å². The minimum atomic E-state index is 0.00718. The standard InChI is InChI=1S/C14H19BrN6O/c1-19-2-3-20-6-12(22-7-9(20)5-19)11-4-10(15)13-14(16)17-8-18-21(11)13/h4,8-9,12H,2-3,5-7H2,1H3,(H2,16,17,18). The molecule has 2 N–H and O–H groups in total. The van der Waals surface area contributed by atoms with E-state index in [0.29, 0.717) is 11.9 Å². The number of hydrogen-bond donors (Lipinski definition) is 1. The maximum atomic E-state index is 6.13. The van der Waals surface area contributed by atoms with Crippen molar-refractivity contribution in [1.29, 1.82) is 0 Å². The fourth-order valence-corrected chi connectivity index (χ4v) is 4.00. The summed E-state index contributed by atoms with van der Waals surface area (Å²) in [5.41, 5.74) is 7.79. The number of morpholine rings is 1. The van der Waals surface area contributed by atoms with Gasteiger partial charge in [-0.25, -0.2) is 9.50 Å². The van der Waals surface area contributed by atoms with Crippen molar-refractivity contribution in [2.75, 3.05) is 45.6 Å². The molecule has 0 spiro atoms. The molecule has 7 nitrogen and oxygen atoms in total. The molecule has 2 fully saturated rings. The van der Waals surface area contributed by atoms with Crippen molar-refractivity contribution >= 4 is 27.3 Å².